The lowest BCUT2D eigenvalue weighted by Gasteiger charge is -2.17. The third-order valence-electron chi connectivity index (χ3n) is 3.00. The molecule has 1 amide bonds. The van der Waals surface area contributed by atoms with Crippen LogP contribution in [0.2, 0.25) is 5.02 Å². The minimum Gasteiger partial charge on any atom is -0.370 e. The van der Waals surface area contributed by atoms with Crippen molar-refractivity contribution in [2.24, 2.45) is 0 Å². The fourth-order valence-corrected chi connectivity index (χ4v) is 1.96. The molecule has 6 heteroatoms. The number of hydrogen-bond acceptors (Lipinski definition) is 4. The Bertz CT molecular complexity index is 465. The van der Waals surface area contributed by atoms with Crippen molar-refractivity contribution in [3.8, 4) is 0 Å². The average molecular weight is 313 g/mol. The van der Waals surface area contributed by atoms with Gasteiger partial charge in [0.15, 0.2) is 0 Å². The number of pyridine rings is 1. The van der Waals surface area contributed by atoms with Crippen LogP contribution in [-0.4, -0.2) is 49.0 Å². The second-order valence-electron chi connectivity index (χ2n) is 5.42. The second kappa shape index (κ2) is 8.85. The fourth-order valence-electron chi connectivity index (χ4n) is 1.77. The number of nitrogens with one attached hydrogen (secondary N) is 2. The Labute approximate surface area is 132 Å². The highest BCUT2D eigenvalue weighted by atomic mass is 35.5. The van der Waals surface area contributed by atoms with Crippen molar-refractivity contribution < 1.29 is 4.79 Å². The van der Waals surface area contributed by atoms with Crippen molar-refractivity contribution in [1.82, 2.24) is 15.2 Å². The smallest absolute Gasteiger partial charge is 0.271 e. The largest absolute Gasteiger partial charge is 0.370 e. The Morgan fingerprint density at radius 1 is 1.43 bits per heavy atom. The van der Waals surface area contributed by atoms with E-state index in [-0.39, 0.29) is 17.6 Å². The number of halogens is 1. The summed E-state index contributed by atoms with van der Waals surface area (Å²) >= 11 is 6.08. The molecule has 2 N–H and O–H groups in total. The Balaban J connectivity index is 2.67. The van der Waals surface area contributed by atoms with E-state index in [1.54, 1.807) is 12.1 Å². The third kappa shape index (κ3) is 6.31. The molecule has 0 aliphatic heterocycles. The lowest BCUT2D eigenvalue weighted by Crippen LogP contribution is -2.35. The minimum atomic E-state index is -0.230. The minimum absolute atomic E-state index is 0.0741. The Hall–Kier alpha value is -1.33. The van der Waals surface area contributed by atoms with Gasteiger partial charge in [0, 0.05) is 12.6 Å². The first-order valence-electron chi connectivity index (χ1n) is 7.30. The molecule has 0 spiro atoms. The lowest BCUT2D eigenvalue weighted by molar-refractivity contribution is 0.0932. The van der Waals surface area contributed by atoms with Crippen LogP contribution in [0.15, 0.2) is 12.1 Å². The summed E-state index contributed by atoms with van der Waals surface area (Å²) in [5.74, 6) is 0.443. The molecule has 118 valence electrons. The highest BCUT2D eigenvalue weighted by Gasteiger charge is 2.15. The zero-order valence-electron chi connectivity index (χ0n) is 13.2. The highest BCUT2D eigenvalue weighted by molar-refractivity contribution is 6.33. The summed E-state index contributed by atoms with van der Waals surface area (Å²) in [4.78, 5) is 18.6. The van der Waals surface area contributed by atoms with E-state index in [1.165, 1.54) is 0 Å². The first kappa shape index (κ1) is 17.7. The van der Waals surface area contributed by atoms with Crippen molar-refractivity contribution in [3.63, 3.8) is 0 Å². The van der Waals surface area contributed by atoms with Gasteiger partial charge in [-0.15, -0.1) is 0 Å². The van der Waals surface area contributed by atoms with Gasteiger partial charge in [0.25, 0.3) is 5.91 Å². The molecule has 0 aromatic carbocycles. The summed E-state index contributed by atoms with van der Waals surface area (Å²) in [7, 11) is 4.02. The number of anilines is 1. The van der Waals surface area contributed by atoms with E-state index in [2.05, 4.69) is 27.4 Å². The Morgan fingerprint density at radius 2 is 2.14 bits per heavy atom. The molecule has 1 aromatic rings. The van der Waals surface area contributed by atoms with Crippen LogP contribution in [0.3, 0.4) is 0 Å². The van der Waals surface area contributed by atoms with Crippen LogP contribution in [0.4, 0.5) is 5.82 Å². The van der Waals surface area contributed by atoms with Crippen molar-refractivity contribution in [1.29, 1.82) is 0 Å². The topological polar surface area (TPSA) is 57.3 Å². The first-order chi connectivity index (χ1) is 9.93. The molecular weight excluding hydrogens is 288 g/mol. The number of aromatic nitrogens is 1. The van der Waals surface area contributed by atoms with E-state index in [9.17, 15) is 4.79 Å². The normalized spacial score (nSPS) is 12.3. The summed E-state index contributed by atoms with van der Waals surface area (Å²) in [5.41, 5.74) is 0.273. The van der Waals surface area contributed by atoms with Crippen molar-refractivity contribution in [3.05, 3.63) is 22.8 Å². The Kier molecular flexibility index (Phi) is 7.47. The zero-order chi connectivity index (χ0) is 15.8. The molecule has 0 aliphatic carbocycles. The van der Waals surface area contributed by atoms with Gasteiger partial charge in [0.2, 0.25) is 0 Å². The molecule has 1 atom stereocenters. The summed E-state index contributed by atoms with van der Waals surface area (Å²) < 4.78 is 0. The molecule has 0 radical (unpaired) electrons. The maximum atomic E-state index is 12.2. The molecule has 0 aliphatic rings. The zero-order valence-corrected chi connectivity index (χ0v) is 14.0. The van der Waals surface area contributed by atoms with Crippen LogP contribution in [0.25, 0.3) is 0 Å². The molecule has 0 fully saturated rings. The Morgan fingerprint density at radius 3 is 2.76 bits per heavy atom. The number of carbonyl (C=O) groups excluding carboxylic acids is 1. The van der Waals surface area contributed by atoms with E-state index in [0.29, 0.717) is 10.8 Å². The van der Waals surface area contributed by atoms with Crippen LogP contribution in [0.5, 0.6) is 0 Å². The lowest BCUT2D eigenvalue weighted by atomic mass is 10.2. The maximum absolute atomic E-state index is 12.2. The van der Waals surface area contributed by atoms with Gasteiger partial charge >= 0.3 is 0 Å². The van der Waals surface area contributed by atoms with Gasteiger partial charge < -0.3 is 15.5 Å². The van der Waals surface area contributed by atoms with E-state index in [0.717, 1.165) is 25.9 Å². The third-order valence-corrected chi connectivity index (χ3v) is 3.31. The van der Waals surface area contributed by atoms with Crippen molar-refractivity contribution in [2.45, 2.75) is 32.7 Å². The van der Waals surface area contributed by atoms with Gasteiger partial charge in [-0.1, -0.05) is 18.5 Å². The van der Waals surface area contributed by atoms with Gasteiger partial charge in [0.05, 0.1) is 5.02 Å². The maximum Gasteiger partial charge on any atom is 0.271 e. The van der Waals surface area contributed by atoms with Gasteiger partial charge in [-0.2, -0.15) is 0 Å². The molecule has 1 heterocycles. The monoisotopic (exact) mass is 312 g/mol. The molecule has 1 unspecified atom stereocenters. The molecule has 5 nitrogen and oxygen atoms in total. The number of amides is 1. The SMILES string of the molecule is CCCNc1ccc(Cl)c(C(=O)NC(C)CCN(C)C)n1. The number of nitrogens with zero attached hydrogens (tertiary/aromatic N) is 2. The molecule has 0 saturated heterocycles. The molecule has 0 saturated carbocycles. The van der Waals surface area contributed by atoms with E-state index in [4.69, 9.17) is 11.6 Å². The van der Waals surface area contributed by atoms with Gasteiger partial charge in [-0.25, -0.2) is 4.98 Å². The molecule has 0 bridgehead atoms. The van der Waals surface area contributed by atoms with Crippen LogP contribution in [0.1, 0.15) is 37.2 Å². The van der Waals surface area contributed by atoms with Crippen LogP contribution in [0, 0.1) is 0 Å². The van der Waals surface area contributed by atoms with E-state index >= 15 is 0 Å². The van der Waals surface area contributed by atoms with Crippen molar-refractivity contribution >= 4 is 23.3 Å². The average Bonchev–Trinajstić information content (AvgIpc) is 2.44. The van der Waals surface area contributed by atoms with Crippen LogP contribution >= 0.6 is 11.6 Å². The highest BCUT2D eigenvalue weighted by Crippen LogP contribution is 2.17. The first-order valence-corrected chi connectivity index (χ1v) is 7.67. The quantitative estimate of drug-likeness (QED) is 0.775. The molecule has 1 aromatic heterocycles. The predicted molar refractivity (Wildman–Crippen MR) is 88.1 cm³/mol. The van der Waals surface area contributed by atoms with Gasteiger partial charge in [0.1, 0.15) is 11.5 Å². The standard InChI is InChI=1S/C15H25ClN4O/c1-5-9-17-13-7-6-12(16)14(19-13)15(21)18-11(2)8-10-20(3)4/h6-7,11H,5,8-10H2,1-4H3,(H,17,19)(H,18,21). The second-order valence-corrected chi connectivity index (χ2v) is 5.83. The van der Waals surface area contributed by atoms with Gasteiger partial charge in [-0.3, -0.25) is 4.79 Å². The van der Waals surface area contributed by atoms with Crippen molar-refractivity contribution in [2.75, 3.05) is 32.5 Å². The van der Waals surface area contributed by atoms with E-state index in [1.807, 2.05) is 21.0 Å². The van der Waals surface area contributed by atoms with E-state index < -0.39 is 0 Å². The fraction of sp³-hybridized carbons (Fsp3) is 0.600. The summed E-state index contributed by atoms with van der Waals surface area (Å²) in [6.07, 6.45) is 1.87. The molecule has 21 heavy (non-hydrogen) atoms. The summed E-state index contributed by atoms with van der Waals surface area (Å²) in [6.45, 7) is 5.78. The van der Waals surface area contributed by atoms with Gasteiger partial charge in [-0.05, 0) is 52.5 Å². The van der Waals surface area contributed by atoms with Crippen LogP contribution in [-0.2, 0) is 0 Å². The van der Waals surface area contributed by atoms with Crippen LogP contribution < -0.4 is 10.6 Å². The predicted octanol–water partition coefficient (Wildman–Crippen LogP) is 2.63. The number of rotatable bonds is 8. The number of carbonyl (C=O) groups is 1. The molecular formula is C15H25ClN4O. The summed E-state index contributed by atoms with van der Waals surface area (Å²) in [5, 5.41) is 6.46. The molecule has 1 rings (SSSR count). The summed E-state index contributed by atoms with van der Waals surface area (Å²) in [6, 6.07) is 3.56. The number of hydrogen-bond donors (Lipinski definition) is 2.